The normalized spacial score (nSPS) is 13.9. The molecule has 0 heterocycles. The summed E-state index contributed by atoms with van der Waals surface area (Å²) in [5.41, 5.74) is 1.22. The highest BCUT2D eigenvalue weighted by atomic mass is 79.9. The molecule has 1 aromatic rings. The number of rotatable bonds is 6. The molecule has 0 unspecified atom stereocenters. The fraction of sp³-hybridized carbons (Fsp3) is 0.538. The molecular weight excluding hydrogens is 318 g/mol. The molecule has 0 spiro atoms. The predicted octanol–water partition coefficient (Wildman–Crippen LogP) is 3.53. The van der Waals surface area contributed by atoms with Crippen LogP contribution in [0.2, 0.25) is 0 Å². The van der Waals surface area contributed by atoms with E-state index in [0.717, 1.165) is 22.5 Å². The van der Waals surface area contributed by atoms with E-state index in [1.54, 1.807) is 7.11 Å². The second-order valence-electron chi connectivity index (χ2n) is 4.20. The van der Waals surface area contributed by atoms with Gasteiger partial charge in [-0.25, -0.2) is 0 Å². The van der Waals surface area contributed by atoms with Crippen molar-refractivity contribution in [3.8, 4) is 11.5 Å². The highest BCUT2D eigenvalue weighted by Gasteiger charge is 2.20. The molecule has 0 aliphatic heterocycles. The van der Waals surface area contributed by atoms with Gasteiger partial charge in [0.25, 0.3) is 0 Å². The van der Waals surface area contributed by atoms with Crippen LogP contribution in [0.25, 0.3) is 0 Å². The molecule has 1 aromatic carbocycles. The lowest BCUT2D eigenvalue weighted by Gasteiger charge is -2.13. The average molecular weight is 337 g/mol. The molecule has 1 aliphatic carbocycles. The monoisotopic (exact) mass is 335 g/mol. The van der Waals surface area contributed by atoms with Gasteiger partial charge >= 0.3 is 0 Å². The summed E-state index contributed by atoms with van der Waals surface area (Å²) in [6.07, 6.45) is 2.60. The molecule has 0 aromatic heterocycles. The lowest BCUT2D eigenvalue weighted by atomic mass is 10.2. The molecule has 0 amide bonds. The van der Waals surface area contributed by atoms with Crippen molar-refractivity contribution in [1.82, 2.24) is 5.32 Å². The van der Waals surface area contributed by atoms with E-state index in [2.05, 4.69) is 27.3 Å². The van der Waals surface area contributed by atoms with Gasteiger partial charge in [-0.2, -0.15) is 0 Å². The van der Waals surface area contributed by atoms with Crippen molar-refractivity contribution < 1.29 is 9.47 Å². The van der Waals surface area contributed by atoms with E-state index in [-0.39, 0.29) is 12.4 Å². The van der Waals surface area contributed by atoms with Crippen molar-refractivity contribution in [2.45, 2.75) is 32.4 Å². The van der Waals surface area contributed by atoms with E-state index >= 15 is 0 Å². The Morgan fingerprint density at radius 3 is 2.67 bits per heavy atom. The van der Waals surface area contributed by atoms with Crippen LogP contribution in [0, 0.1) is 0 Å². The molecule has 1 fully saturated rings. The zero-order valence-electron chi connectivity index (χ0n) is 10.7. The minimum Gasteiger partial charge on any atom is -0.492 e. The van der Waals surface area contributed by atoms with E-state index in [1.165, 1.54) is 18.4 Å². The van der Waals surface area contributed by atoms with Gasteiger partial charge in [0, 0.05) is 12.6 Å². The lowest BCUT2D eigenvalue weighted by molar-refractivity contribution is 0.309. The van der Waals surface area contributed by atoms with E-state index < -0.39 is 0 Å². The Kier molecular flexibility index (Phi) is 6.26. The molecular formula is C13H19BrClNO2. The highest BCUT2D eigenvalue weighted by molar-refractivity contribution is 9.10. The summed E-state index contributed by atoms with van der Waals surface area (Å²) >= 11 is 3.52. The molecule has 3 nitrogen and oxygen atoms in total. The molecule has 0 radical (unpaired) electrons. The van der Waals surface area contributed by atoms with Gasteiger partial charge < -0.3 is 14.8 Å². The quantitative estimate of drug-likeness (QED) is 0.862. The third-order valence-corrected chi connectivity index (χ3v) is 3.33. The van der Waals surface area contributed by atoms with Crippen LogP contribution in [0.15, 0.2) is 16.6 Å². The van der Waals surface area contributed by atoms with Crippen molar-refractivity contribution in [2.75, 3.05) is 13.7 Å². The van der Waals surface area contributed by atoms with Gasteiger partial charge in [-0.05, 0) is 53.4 Å². The minimum atomic E-state index is 0. The first-order valence-corrected chi connectivity index (χ1v) is 6.76. The Bertz CT molecular complexity index is 397. The molecule has 5 heteroatoms. The summed E-state index contributed by atoms with van der Waals surface area (Å²) in [7, 11) is 1.66. The SMILES string of the molecule is CCOc1cc(CNC2CC2)cc(Br)c1OC.Cl. The molecule has 0 atom stereocenters. The fourth-order valence-corrected chi connectivity index (χ4v) is 2.39. The third-order valence-electron chi connectivity index (χ3n) is 2.75. The van der Waals surface area contributed by atoms with Gasteiger partial charge in [0.2, 0.25) is 0 Å². The molecule has 18 heavy (non-hydrogen) atoms. The van der Waals surface area contributed by atoms with Crippen LogP contribution in [-0.2, 0) is 6.54 Å². The average Bonchev–Trinajstić information content (AvgIpc) is 3.10. The fourth-order valence-electron chi connectivity index (χ4n) is 1.73. The molecule has 0 saturated heterocycles. The van der Waals surface area contributed by atoms with Gasteiger partial charge in [-0.1, -0.05) is 0 Å². The number of ether oxygens (including phenoxy) is 2. The summed E-state index contributed by atoms with van der Waals surface area (Å²) in [5, 5.41) is 3.49. The first kappa shape index (κ1) is 15.6. The number of benzene rings is 1. The van der Waals surface area contributed by atoms with Crippen LogP contribution in [0.5, 0.6) is 11.5 Å². The Balaban J connectivity index is 0.00000162. The lowest BCUT2D eigenvalue weighted by Crippen LogP contribution is -2.15. The molecule has 2 rings (SSSR count). The van der Waals surface area contributed by atoms with Crippen LogP contribution in [0.1, 0.15) is 25.3 Å². The Morgan fingerprint density at radius 1 is 1.39 bits per heavy atom. The van der Waals surface area contributed by atoms with Crippen LogP contribution in [0.4, 0.5) is 0 Å². The van der Waals surface area contributed by atoms with Gasteiger partial charge in [-0.15, -0.1) is 12.4 Å². The maximum Gasteiger partial charge on any atom is 0.174 e. The van der Waals surface area contributed by atoms with Crippen molar-refractivity contribution in [3.05, 3.63) is 22.2 Å². The van der Waals surface area contributed by atoms with Crippen molar-refractivity contribution in [3.63, 3.8) is 0 Å². The van der Waals surface area contributed by atoms with Crippen molar-refractivity contribution in [1.29, 1.82) is 0 Å². The second kappa shape index (κ2) is 7.22. The molecule has 1 N–H and O–H groups in total. The zero-order chi connectivity index (χ0) is 12.3. The summed E-state index contributed by atoms with van der Waals surface area (Å²) < 4.78 is 11.9. The number of hydrogen-bond donors (Lipinski definition) is 1. The Hall–Kier alpha value is -0.450. The maximum atomic E-state index is 5.59. The van der Waals surface area contributed by atoms with Crippen molar-refractivity contribution in [2.24, 2.45) is 0 Å². The number of halogens is 2. The van der Waals surface area contributed by atoms with Gasteiger partial charge in [0.1, 0.15) is 0 Å². The maximum absolute atomic E-state index is 5.59. The summed E-state index contributed by atoms with van der Waals surface area (Å²) in [5.74, 6) is 1.57. The topological polar surface area (TPSA) is 30.5 Å². The zero-order valence-corrected chi connectivity index (χ0v) is 13.1. The van der Waals surface area contributed by atoms with Crippen LogP contribution >= 0.6 is 28.3 Å². The smallest absolute Gasteiger partial charge is 0.174 e. The standard InChI is InChI=1S/C13H18BrNO2.ClH/c1-3-17-12-7-9(8-15-10-4-5-10)6-11(14)13(12)16-2;/h6-7,10,15H,3-5,8H2,1-2H3;1H. The van der Waals surface area contributed by atoms with Crippen molar-refractivity contribution >= 4 is 28.3 Å². The van der Waals surface area contributed by atoms with Gasteiger partial charge in [0.05, 0.1) is 18.2 Å². The summed E-state index contributed by atoms with van der Waals surface area (Å²) in [4.78, 5) is 0. The predicted molar refractivity (Wildman–Crippen MR) is 79.0 cm³/mol. The van der Waals surface area contributed by atoms with E-state index in [0.29, 0.717) is 12.6 Å². The first-order chi connectivity index (χ1) is 8.24. The van der Waals surface area contributed by atoms with E-state index in [1.807, 2.05) is 13.0 Å². The van der Waals surface area contributed by atoms with E-state index in [4.69, 9.17) is 9.47 Å². The van der Waals surface area contributed by atoms with Crippen LogP contribution in [-0.4, -0.2) is 19.8 Å². The van der Waals surface area contributed by atoms with Crippen LogP contribution in [0.3, 0.4) is 0 Å². The Labute approximate surface area is 123 Å². The molecule has 1 aliphatic rings. The first-order valence-electron chi connectivity index (χ1n) is 5.97. The second-order valence-corrected chi connectivity index (χ2v) is 5.05. The number of hydrogen-bond acceptors (Lipinski definition) is 3. The molecule has 0 bridgehead atoms. The minimum absolute atomic E-state index is 0. The third kappa shape index (κ3) is 4.04. The largest absolute Gasteiger partial charge is 0.492 e. The number of methoxy groups -OCH3 is 1. The Morgan fingerprint density at radius 2 is 2.11 bits per heavy atom. The van der Waals surface area contributed by atoms with Gasteiger partial charge in [-0.3, -0.25) is 0 Å². The van der Waals surface area contributed by atoms with Crippen LogP contribution < -0.4 is 14.8 Å². The molecule has 1 saturated carbocycles. The van der Waals surface area contributed by atoms with Gasteiger partial charge in [0.15, 0.2) is 11.5 Å². The molecule has 102 valence electrons. The summed E-state index contributed by atoms with van der Waals surface area (Å²) in [6, 6.07) is 4.84. The summed E-state index contributed by atoms with van der Waals surface area (Å²) in [6.45, 7) is 3.50. The highest BCUT2D eigenvalue weighted by Crippen LogP contribution is 2.36. The number of nitrogens with one attached hydrogen (secondary N) is 1. The van der Waals surface area contributed by atoms with E-state index in [9.17, 15) is 0 Å².